The lowest BCUT2D eigenvalue weighted by atomic mass is 10.1. The molecule has 0 unspecified atom stereocenters. The van der Waals surface area contributed by atoms with Crippen LogP contribution >= 0.6 is 0 Å². The Morgan fingerprint density at radius 3 is 2.15 bits per heavy atom. The largest absolute Gasteiger partial charge is 0.493 e. The van der Waals surface area contributed by atoms with Gasteiger partial charge in [-0.15, -0.1) is 0 Å². The second kappa shape index (κ2) is 15.4. The van der Waals surface area contributed by atoms with Gasteiger partial charge in [-0.25, -0.2) is 9.37 Å². The van der Waals surface area contributed by atoms with Crippen LogP contribution in [0.4, 0.5) is 4.39 Å². The van der Waals surface area contributed by atoms with E-state index in [1.165, 1.54) is 17.7 Å². The summed E-state index contributed by atoms with van der Waals surface area (Å²) in [5, 5.41) is 0. The molecule has 6 heteroatoms. The molecule has 0 fully saturated rings. The van der Waals surface area contributed by atoms with Crippen LogP contribution in [0.3, 0.4) is 0 Å². The first-order valence-corrected chi connectivity index (χ1v) is 14.9. The number of hydrogen-bond donors (Lipinski definition) is 0. The first-order valence-electron chi connectivity index (χ1n) is 14.9. The van der Waals surface area contributed by atoms with E-state index in [0.717, 1.165) is 105 Å². The third-order valence-electron chi connectivity index (χ3n) is 7.45. The van der Waals surface area contributed by atoms with Crippen LogP contribution in [0, 0.1) is 5.82 Å². The summed E-state index contributed by atoms with van der Waals surface area (Å²) < 4.78 is 27.5. The minimum Gasteiger partial charge on any atom is -0.493 e. The zero-order chi connectivity index (χ0) is 28.2. The number of rotatable bonds is 17. The molecule has 4 aromatic rings. The number of aryl methyl sites for hydroxylation is 3. The second-order valence-electron chi connectivity index (χ2n) is 10.3. The first-order chi connectivity index (χ1) is 19.6. The number of benzene rings is 3. The van der Waals surface area contributed by atoms with Crippen molar-refractivity contribution in [1.82, 2.24) is 14.5 Å². The third kappa shape index (κ3) is 8.56. The summed E-state index contributed by atoms with van der Waals surface area (Å²) in [4.78, 5) is 7.43. The summed E-state index contributed by atoms with van der Waals surface area (Å²) in [5.41, 5.74) is 4.52. The van der Waals surface area contributed by atoms with Gasteiger partial charge in [-0.1, -0.05) is 51.5 Å². The lowest BCUT2D eigenvalue weighted by molar-refractivity contribution is 0.249. The number of imidazole rings is 1. The highest BCUT2D eigenvalue weighted by molar-refractivity contribution is 5.78. The van der Waals surface area contributed by atoms with Crippen molar-refractivity contribution < 1.29 is 13.9 Å². The van der Waals surface area contributed by atoms with Crippen molar-refractivity contribution in [2.45, 2.75) is 65.8 Å². The fraction of sp³-hybridized carbons (Fsp3) is 0.441. The van der Waals surface area contributed by atoms with Gasteiger partial charge in [-0.2, -0.15) is 0 Å². The molecule has 0 spiro atoms. The molecule has 0 aliphatic carbocycles. The highest BCUT2D eigenvalue weighted by atomic mass is 19.1. The Hall–Kier alpha value is -3.38. The lowest BCUT2D eigenvalue weighted by Gasteiger charge is -2.17. The summed E-state index contributed by atoms with van der Waals surface area (Å²) in [6.07, 6.45) is 5.83. The number of nitrogens with zero attached hydrogens (tertiary/aromatic N) is 3. The molecule has 4 rings (SSSR count). The molecule has 214 valence electrons. The zero-order valence-electron chi connectivity index (χ0n) is 24.4. The predicted octanol–water partition coefficient (Wildman–Crippen LogP) is 7.49. The monoisotopic (exact) mass is 545 g/mol. The minimum absolute atomic E-state index is 0.211. The Morgan fingerprint density at radius 1 is 0.750 bits per heavy atom. The molecule has 5 nitrogen and oxygen atoms in total. The average molecular weight is 546 g/mol. The summed E-state index contributed by atoms with van der Waals surface area (Å²) in [7, 11) is 0. The minimum atomic E-state index is -0.211. The number of fused-ring (bicyclic) bond motifs is 1. The highest BCUT2D eigenvalue weighted by Crippen LogP contribution is 2.24. The molecule has 1 aromatic heterocycles. The van der Waals surface area contributed by atoms with E-state index >= 15 is 0 Å². The van der Waals surface area contributed by atoms with Crippen LogP contribution in [0.15, 0.2) is 66.7 Å². The van der Waals surface area contributed by atoms with Crippen LogP contribution in [0.1, 0.15) is 57.0 Å². The first kappa shape index (κ1) is 29.6. The van der Waals surface area contributed by atoms with Gasteiger partial charge in [0.25, 0.3) is 0 Å². The molecule has 0 aliphatic rings. The van der Waals surface area contributed by atoms with E-state index in [0.29, 0.717) is 6.61 Å². The van der Waals surface area contributed by atoms with Crippen molar-refractivity contribution in [3.63, 3.8) is 0 Å². The van der Waals surface area contributed by atoms with Gasteiger partial charge in [0, 0.05) is 32.0 Å². The van der Waals surface area contributed by atoms with Gasteiger partial charge in [0.2, 0.25) is 0 Å². The van der Waals surface area contributed by atoms with Crippen molar-refractivity contribution in [2.24, 2.45) is 0 Å². The van der Waals surface area contributed by atoms with E-state index in [4.69, 9.17) is 14.5 Å². The number of halogens is 1. The van der Waals surface area contributed by atoms with Crippen molar-refractivity contribution in [3.8, 4) is 11.5 Å². The van der Waals surface area contributed by atoms with E-state index in [1.54, 1.807) is 12.1 Å². The Morgan fingerprint density at radius 2 is 1.43 bits per heavy atom. The Kier molecular flexibility index (Phi) is 11.4. The van der Waals surface area contributed by atoms with Crippen molar-refractivity contribution >= 4 is 11.0 Å². The SMILES string of the molecule is CCCCn1c(CCc2ccc(OCCc3ccc(F)cc3)cc2)nc2ccc(OCCCN(CC)CC)cc21. The summed E-state index contributed by atoms with van der Waals surface area (Å²) in [6.45, 7) is 12.1. The molecule has 0 bridgehead atoms. The average Bonchev–Trinajstić information content (AvgIpc) is 3.33. The van der Waals surface area contributed by atoms with Crippen LogP contribution in [0.25, 0.3) is 11.0 Å². The molecule has 0 saturated carbocycles. The molecule has 0 N–H and O–H groups in total. The van der Waals surface area contributed by atoms with E-state index < -0.39 is 0 Å². The maximum Gasteiger partial charge on any atom is 0.123 e. The molecule has 0 amide bonds. The number of ether oxygens (including phenoxy) is 2. The maximum absolute atomic E-state index is 13.1. The van der Waals surface area contributed by atoms with E-state index in [1.807, 2.05) is 12.1 Å². The highest BCUT2D eigenvalue weighted by Gasteiger charge is 2.12. The smallest absolute Gasteiger partial charge is 0.123 e. The maximum atomic E-state index is 13.1. The molecular formula is C34H44FN3O2. The van der Waals surface area contributed by atoms with Gasteiger partial charge in [0.05, 0.1) is 24.2 Å². The second-order valence-corrected chi connectivity index (χ2v) is 10.3. The molecular weight excluding hydrogens is 501 g/mol. The van der Waals surface area contributed by atoms with Crippen LogP contribution in [-0.4, -0.2) is 47.3 Å². The van der Waals surface area contributed by atoms with Crippen LogP contribution in [0.2, 0.25) is 0 Å². The quantitative estimate of drug-likeness (QED) is 0.129. The lowest BCUT2D eigenvalue weighted by Crippen LogP contribution is -2.25. The standard InChI is InChI=1S/C34H44FN3O2/c1-4-7-23-38-33-26-31(39-24-8-22-37(5-2)6-3)18-19-32(33)36-34(38)20-13-27-11-16-30(17-12-27)40-25-21-28-9-14-29(35)15-10-28/h9-12,14-19,26H,4-8,13,20-25H2,1-3H3. The molecule has 3 aromatic carbocycles. The molecule has 40 heavy (non-hydrogen) atoms. The summed E-state index contributed by atoms with van der Waals surface area (Å²) in [5.74, 6) is 2.69. The van der Waals surface area contributed by atoms with Crippen molar-refractivity contribution in [3.05, 3.63) is 89.5 Å². The Labute approximate surface area is 238 Å². The number of hydrogen-bond acceptors (Lipinski definition) is 4. The van der Waals surface area contributed by atoms with E-state index in [2.05, 4.69) is 60.6 Å². The molecule has 0 saturated heterocycles. The predicted molar refractivity (Wildman–Crippen MR) is 162 cm³/mol. The van der Waals surface area contributed by atoms with E-state index in [9.17, 15) is 4.39 Å². The Bertz CT molecular complexity index is 1300. The normalized spacial score (nSPS) is 11.4. The van der Waals surface area contributed by atoms with Gasteiger partial charge in [-0.05, 0) is 79.9 Å². The summed E-state index contributed by atoms with van der Waals surface area (Å²) in [6, 6.07) is 21.2. The zero-order valence-corrected chi connectivity index (χ0v) is 24.4. The number of unbranched alkanes of at least 4 members (excludes halogenated alkanes) is 1. The van der Waals surface area contributed by atoms with Crippen LogP contribution in [0.5, 0.6) is 11.5 Å². The fourth-order valence-corrected chi connectivity index (χ4v) is 4.96. The topological polar surface area (TPSA) is 39.5 Å². The van der Waals surface area contributed by atoms with Crippen LogP contribution < -0.4 is 9.47 Å². The van der Waals surface area contributed by atoms with Gasteiger partial charge in [-0.3, -0.25) is 0 Å². The molecule has 0 aliphatic heterocycles. The van der Waals surface area contributed by atoms with Crippen molar-refractivity contribution in [1.29, 1.82) is 0 Å². The number of aromatic nitrogens is 2. The van der Waals surface area contributed by atoms with Gasteiger partial charge in [0.15, 0.2) is 0 Å². The van der Waals surface area contributed by atoms with Crippen molar-refractivity contribution in [2.75, 3.05) is 32.8 Å². The van der Waals surface area contributed by atoms with Gasteiger partial charge in [0.1, 0.15) is 23.1 Å². The van der Waals surface area contributed by atoms with Gasteiger partial charge >= 0.3 is 0 Å². The Balaban J connectivity index is 1.34. The molecule has 0 radical (unpaired) electrons. The molecule has 1 heterocycles. The molecule has 0 atom stereocenters. The third-order valence-corrected chi connectivity index (χ3v) is 7.45. The van der Waals surface area contributed by atoms with E-state index in [-0.39, 0.29) is 5.82 Å². The van der Waals surface area contributed by atoms with Crippen LogP contribution in [-0.2, 0) is 25.8 Å². The van der Waals surface area contributed by atoms with Gasteiger partial charge < -0.3 is 18.9 Å². The summed E-state index contributed by atoms with van der Waals surface area (Å²) >= 11 is 0. The fourth-order valence-electron chi connectivity index (χ4n) is 4.96.